The zero-order chi connectivity index (χ0) is 15.7. The Bertz CT molecular complexity index is 808. The van der Waals surface area contributed by atoms with Crippen LogP contribution in [0, 0.1) is 6.92 Å². The highest BCUT2D eigenvalue weighted by molar-refractivity contribution is 7.09. The number of aromatic nitrogens is 3. The van der Waals surface area contributed by atoms with Gasteiger partial charge < -0.3 is 9.84 Å². The fourth-order valence-corrected chi connectivity index (χ4v) is 3.07. The first-order valence-electron chi connectivity index (χ1n) is 7.00. The minimum atomic E-state index is 0.159. The second kappa shape index (κ2) is 5.81. The molecule has 0 aliphatic rings. The van der Waals surface area contributed by atoms with Crippen molar-refractivity contribution >= 4 is 11.3 Å². The van der Waals surface area contributed by atoms with Gasteiger partial charge in [0.2, 0.25) is 0 Å². The first-order valence-corrected chi connectivity index (χ1v) is 7.88. The molecule has 2 heterocycles. The second-order valence-electron chi connectivity index (χ2n) is 4.95. The predicted octanol–water partition coefficient (Wildman–Crippen LogP) is 3.79. The molecule has 0 spiro atoms. The molecule has 22 heavy (non-hydrogen) atoms. The number of phenolic OH excluding ortho intramolecular Hbond substituents is 1. The molecule has 2 aromatic heterocycles. The maximum atomic E-state index is 10.3. The van der Waals surface area contributed by atoms with Crippen molar-refractivity contribution in [2.24, 2.45) is 0 Å². The number of phenols is 1. The van der Waals surface area contributed by atoms with E-state index in [1.165, 1.54) is 0 Å². The quantitative estimate of drug-likeness (QED) is 0.768. The molecule has 0 unspecified atom stereocenters. The fraction of sp³-hybridized carbons (Fsp3) is 0.250. The molecule has 0 aliphatic carbocycles. The van der Waals surface area contributed by atoms with Gasteiger partial charge in [-0.25, -0.2) is 4.98 Å². The molecule has 0 saturated carbocycles. The number of ether oxygens (including phenoxy) is 1. The SMILES string of the molecule is CCc1cc(-c2[nH]ncc2-c2csc(C)n2)c(O)cc1OC. The number of nitrogens with one attached hydrogen (secondary N) is 1. The number of aromatic hydroxyl groups is 1. The average Bonchev–Trinajstić information content (AvgIpc) is 3.15. The smallest absolute Gasteiger partial charge is 0.128 e. The molecule has 2 N–H and O–H groups in total. The number of hydrogen-bond donors (Lipinski definition) is 2. The molecular weight excluding hydrogens is 298 g/mol. The molecule has 0 bridgehead atoms. The molecule has 5 nitrogen and oxygen atoms in total. The van der Waals surface area contributed by atoms with Crippen molar-refractivity contribution in [2.75, 3.05) is 7.11 Å². The normalized spacial score (nSPS) is 10.9. The highest BCUT2D eigenvalue weighted by Crippen LogP contribution is 2.39. The first kappa shape index (κ1) is 14.6. The molecule has 0 radical (unpaired) electrons. The van der Waals surface area contributed by atoms with Crippen LogP contribution < -0.4 is 4.74 Å². The van der Waals surface area contributed by atoms with E-state index in [4.69, 9.17) is 4.74 Å². The van der Waals surface area contributed by atoms with E-state index in [0.29, 0.717) is 11.3 Å². The lowest BCUT2D eigenvalue weighted by Gasteiger charge is -2.11. The molecule has 0 aliphatic heterocycles. The van der Waals surface area contributed by atoms with E-state index in [1.807, 2.05) is 18.4 Å². The van der Waals surface area contributed by atoms with Gasteiger partial charge >= 0.3 is 0 Å². The Morgan fingerprint density at radius 2 is 2.14 bits per heavy atom. The topological polar surface area (TPSA) is 71.0 Å². The van der Waals surface area contributed by atoms with Crippen LogP contribution in [-0.4, -0.2) is 27.4 Å². The van der Waals surface area contributed by atoms with Gasteiger partial charge in [-0.2, -0.15) is 5.10 Å². The number of thiazole rings is 1. The zero-order valence-corrected chi connectivity index (χ0v) is 13.5. The zero-order valence-electron chi connectivity index (χ0n) is 12.7. The number of nitrogens with zero attached hydrogens (tertiary/aromatic N) is 2. The molecule has 0 amide bonds. The summed E-state index contributed by atoms with van der Waals surface area (Å²) >= 11 is 1.59. The van der Waals surface area contributed by atoms with Gasteiger partial charge in [-0.3, -0.25) is 5.10 Å². The summed E-state index contributed by atoms with van der Waals surface area (Å²) in [6, 6.07) is 3.58. The summed E-state index contributed by atoms with van der Waals surface area (Å²) < 4.78 is 5.31. The van der Waals surface area contributed by atoms with Crippen LogP contribution in [0.1, 0.15) is 17.5 Å². The molecule has 3 rings (SSSR count). The lowest BCUT2D eigenvalue weighted by atomic mass is 10.0. The molecule has 1 aromatic carbocycles. The van der Waals surface area contributed by atoms with Gasteiger partial charge in [0, 0.05) is 22.6 Å². The van der Waals surface area contributed by atoms with E-state index in [2.05, 4.69) is 22.1 Å². The number of methoxy groups -OCH3 is 1. The summed E-state index contributed by atoms with van der Waals surface area (Å²) in [5, 5.41) is 20.4. The van der Waals surface area contributed by atoms with E-state index in [-0.39, 0.29) is 5.75 Å². The highest BCUT2D eigenvalue weighted by Gasteiger charge is 2.17. The summed E-state index contributed by atoms with van der Waals surface area (Å²) in [6.45, 7) is 4.02. The van der Waals surface area contributed by atoms with E-state index < -0.39 is 0 Å². The predicted molar refractivity (Wildman–Crippen MR) is 87.5 cm³/mol. The summed E-state index contributed by atoms with van der Waals surface area (Å²) in [5.74, 6) is 0.848. The van der Waals surface area contributed by atoms with Crippen LogP contribution in [0.5, 0.6) is 11.5 Å². The number of H-pyrrole nitrogens is 1. The number of hydrogen-bond acceptors (Lipinski definition) is 5. The minimum Gasteiger partial charge on any atom is -0.507 e. The number of aryl methyl sites for hydroxylation is 2. The largest absolute Gasteiger partial charge is 0.507 e. The summed E-state index contributed by atoms with van der Waals surface area (Å²) in [6.07, 6.45) is 2.55. The van der Waals surface area contributed by atoms with Crippen LogP contribution in [0.25, 0.3) is 22.5 Å². The van der Waals surface area contributed by atoms with Crippen LogP contribution in [-0.2, 0) is 6.42 Å². The Balaban J connectivity index is 2.15. The van der Waals surface area contributed by atoms with Crippen molar-refractivity contribution in [2.45, 2.75) is 20.3 Å². The molecule has 0 fully saturated rings. The van der Waals surface area contributed by atoms with E-state index in [0.717, 1.165) is 33.9 Å². The standard InChI is InChI=1S/C16H17N3O2S/c1-4-10-5-11(14(20)6-15(10)21-3)16-12(7-17-19-16)13-8-22-9(2)18-13/h5-8,20H,4H2,1-3H3,(H,17,19). The Morgan fingerprint density at radius 3 is 2.77 bits per heavy atom. The Kier molecular flexibility index (Phi) is 3.85. The van der Waals surface area contributed by atoms with Crippen molar-refractivity contribution in [3.05, 3.63) is 34.3 Å². The van der Waals surface area contributed by atoms with Gasteiger partial charge in [0.15, 0.2) is 0 Å². The average molecular weight is 315 g/mol. The highest BCUT2D eigenvalue weighted by atomic mass is 32.1. The van der Waals surface area contributed by atoms with E-state index in [9.17, 15) is 5.11 Å². The Morgan fingerprint density at radius 1 is 1.32 bits per heavy atom. The van der Waals surface area contributed by atoms with Crippen LogP contribution in [0.15, 0.2) is 23.7 Å². The van der Waals surface area contributed by atoms with Gasteiger partial charge in [-0.1, -0.05) is 6.92 Å². The maximum Gasteiger partial charge on any atom is 0.128 e. The lowest BCUT2D eigenvalue weighted by molar-refractivity contribution is 0.403. The van der Waals surface area contributed by atoms with Crippen molar-refractivity contribution in [1.29, 1.82) is 0 Å². The van der Waals surface area contributed by atoms with Gasteiger partial charge in [-0.05, 0) is 25.0 Å². The number of rotatable bonds is 4. The lowest BCUT2D eigenvalue weighted by Crippen LogP contribution is -1.93. The van der Waals surface area contributed by atoms with Crippen LogP contribution in [0.3, 0.4) is 0 Å². The number of benzene rings is 1. The molecular formula is C16H17N3O2S. The first-order chi connectivity index (χ1) is 10.6. The Labute approximate surface area is 132 Å². The Hall–Kier alpha value is -2.34. The van der Waals surface area contributed by atoms with Crippen molar-refractivity contribution in [3.63, 3.8) is 0 Å². The molecule has 0 atom stereocenters. The van der Waals surface area contributed by atoms with Crippen LogP contribution in [0.4, 0.5) is 0 Å². The molecule has 3 aromatic rings. The van der Waals surface area contributed by atoms with Crippen molar-refractivity contribution in [1.82, 2.24) is 15.2 Å². The van der Waals surface area contributed by atoms with Gasteiger partial charge in [0.1, 0.15) is 11.5 Å². The van der Waals surface area contributed by atoms with Crippen molar-refractivity contribution in [3.8, 4) is 34.0 Å². The monoisotopic (exact) mass is 315 g/mol. The van der Waals surface area contributed by atoms with E-state index in [1.54, 1.807) is 30.7 Å². The van der Waals surface area contributed by atoms with Gasteiger partial charge in [-0.15, -0.1) is 11.3 Å². The van der Waals surface area contributed by atoms with E-state index >= 15 is 0 Å². The second-order valence-corrected chi connectivity index (χ2v) is 6.01. The van der Waals surface area contributed by atoms with Gasteiger partial charge in [0.05, 0.1) is 29.7 Å². The molecule has 114 valence electrons. The third-order valence-electron chi connectivity index (χ3n) is 3.58. The summed E-state index contributed by atoms with van der Waals surface area (Å²) in [7, 11) is 1.60. The van der Waals surface area contributed by atoms with Crippen molar-refractivity contribution < 1.29 is 9.84 Å². The fourth-order valence-electron chi connectivity index (χ4n) is 2.45. The summed E-state index contributed by atoms with van der Waals surface area (Å²) in [5.41, 5.74) is 4.24. The third kappa shape index (κ3) is 2.46. The molecule has 0 saturated heterocycles. The third-order valence-corrected chi connectivity index (χ3v) is 4.36. The maximum absolute atomic E-state index is 10.3. The summed E-state index contributed by atoms with van der Waals surface area (Å²) in [4.78, 5) is 4.50. The van der Waals surface area contributed by atoms with Crippen LogP contribution >= 0.6 is 11.3 Å². The number of aromatic amines is 1. The minimum absolute atomic E-state index is 0.159. The van der Waals surface area contributed by atoms with Gasteiger partial charge in [0.25, 0.3) is 0 Å². The molecule has 6 heteroatoms. The van der Waals surface area contributed by atoms with Crippen LogP contribution in [0.2, 0.25) is 0 Å².